The Hall–Kier alpha value is -1.61. The normalized spacial score (nSPS) is 17.0. The first-order valence-corrected chi connectivity index (χ1v) is 7.79. The van der Waals surface area contributed by atoms with Crippen molar-refractivity contribution in [1.82, 2.24) is 5.32 Å². The summed E-state index contributed by atoms with van der Waals surface area (Å²) in [5.74, 6) is -1.67. The third-order valence-corrected chi connectivity index (χ3v) is 3.92. The molecule has 0 saturated heterocycles. The Kier molecular flexibility index (Phi) is 5.73. The molecule has 0 radical (unpaired) electrons. The van der Waals surface area contributed by atoms with Crippen molar-refractivity contribution in [1.29, 1.82) is 4.78 Å². The van der Waals surface area contributed by atoms with Gasteiger partial charge in [-0.15, -0.1) is 0 Å². The second-order valence-electron chi connectivity index (χ2n) is 4.43. The maximum absolute atomic E-state index is 12.8. The predicted octanol–water partition coefficient (Wildman–Crippen LogP) is 1.47. The van der Waals surface area contributed by atoms with E-state index in [1.807, 2.05) is 0 Å². The van der Waals surface area contributed by atoms with E-state index < -0.39 is 40.9 Å². The quantitative estimate of drug-likeness (QED) is 0.740. The minimum Gasteiger partial charge on any atom is -0.386 e. The molecule has 0 aliphatic heterocycles. The average molecular weight is 324 g/mol. The van der Waals surface area contributed by atoms with Gasteiger partial charge in [-0.05, 0) is 17.7 Å². The van der Waals surface area contributed by atoms with E-state index in [0.29, 0.717) is 0 Å². The molecule has 0 aliphatic carbocycles. The van der Waals surface area contributed by atoms with Gasteiger partial charge in [0.15, 0.2) is 0 Å². The number of nitrogens with one attached hydrogen (secondary N) is 2. The molecule has 0 saturated carbocycles. The van der Waals surface area contributed by atoms with Crippen molar-refractivity contribution < 1.29 is 27.3 Å². The summed E-state index contributed by atoms with van der Waals surface area (Å²) in [5, 5.41) is 11.6. The Morgan fingerprint density at radius 1 is 1.38 bits per heavy atom. The van der Waals surface area contributed by atoms with E-state index in [4.69, 9.17) is 4.78 Å². The number of rotatable bonds is 6. The highest BCUT2D eigenvalue weighted by atomic mass is 32.2. The Balaban J connectivity index is 2.90. The van der Waals surface area contributed by atoms with Crippen LogP contribution in [0.5, 0.6) is 0 Å². The van der Waals surface area contributed by atoms with Crippen LogP contribution in [0.25, 0.3) is 0 Å². The summed E-state index contributed by atoms with van der Waals surface area (Å²) in [6, 6.07) is 3.72. The van der Waals surface area contributed by atoms with Crippen LogP contribution in [-0.4, -0.2) is 40.6 Å². The fraction of sp³-hybridized carbons (Fsp3) is 0.417. The van der Waals surface area contributed by atoms with Crippen molar-refractivity contribution in [3.8, 4) is 0 Å². The Labute approximate surface area is 120 Å². The van der Waals surface area contributed by atoms with Crippen LogP contribution in [0.4, 0.5) is 13.2 Å². The molecule has 0 spiro atoms. The number of aliphatic hydroxyl groups is 1. The molecule has 0 bridgehead atoms. The molecular formula is C12H15F3N2O3S. The molecule has 21 heavy (non-hydrogen) atoms. The van der Waals surface area contributed by atoms with Crippen LogP contribution in [0.1, 0.15) is 11.7 Å². The maximum Gasteiger partial charge on any atom is 0.315 e. The number of amides is 1. The zero-order valence-electron chi connectivity index (χ0n) is 11.1. The van der Waals surface area contributed by atoms with Crippen molar-refractivity contribution in [2.45, 2.75) is 23.5 Å². The van der Waals surface area contributed by atoms with Gasteiger partial charge in [0.25, 0.3) is 5.91 Å². The number of benzene rings is 1. The lowest BCUT2D eigenvalue weighted by molar-refractivity contribution is -0.133. The van der Waals surface area contributed by atoms with Crippen molar-refractivity contribution >= 4 is 15.6 Å². The second kappa shape index (κ2) is 6.90. The lowest BCUT2D eigenvalue weighted by Gasteiger charge is -2.21. The lowest BCUT2D eigenvalue weighted by Crippen LogP contribution is -2.43. The monoisotopic (exact) mass is 324 g/mol. The van der Waals surface area contributed by atoms with Crippen LogP contribution >= 0.6 is 0 Å². The van der Waals surface area contributed by atoms with Gasteiger partial charge in [0, 0.05) is 11.2 Å². The van der Waals surface area contributed by atoms with E-state index in [1.165, 1.54) is 30.5 Å². The van der Waals surface area contributed by atoms with Crippen LogP contribution in [0.15, 0.2) is 29.2 Å². The molecule has 0 heterocycles. The van der Waals surface area contributed by atoms with Gasteiger partial charge >= 0.3 is 6.43 Å². The fourth-order valence-electron chi connectivity index (χ4n) is 1.60. The molecule has 118 valence electrons. The minimum atomic E-state index is -3.30. The second-order valence-corrected chi connectivity index (χ2v) is 6.59. The SMILES string of the molecule is CS(=N)(=O)c1ccc([C@@H](O)C(CF)NC(=O)C(F)F)cc1. The molecule has 5 nitrogen and oxygen atoms in total. The van der Waals surface area contributed by atoms with E-state index in [2.05, 4.69) is 0 Å². The van der Waals surface area contributed by atoms with Gasteiger partial charge in [0.1, 0.15) is 12.8 Å². The molecule has 1 aromatic rings. The third kappa shape index (κ3) is 4.71. The van der Waals surface area contributed by atoms with Crippen molar-refractivity contribution in [3.05, 3.63) is 29.8 Å². The van der Waals surface area contributed by atoms with Crippen molar-refractivity contribution in [2.24, 2.45) is 0 Å². The summed E-state index contributed by atoms with van der Waals surface area (Å²) in [6.45, 7) is -1.23. The number of alkyl halides is 3. The fourth-order valence-corrected chi connectivity index (χ4v) is 2.26. The molecule has 0 aliphatic rings. The lowest BCUT2D eigenvalue weighted by atomic mass is 10.0. The first-order valence-electron chi connectivity index (χ1n) is 5.83. The van der Waals surface area contributed by atoms with Crippen molar-refractivity contribution in [2.75, 3.05) is 12.9 Å². The summed E-state index contributed by atoms with van der Waals surface area (Å²) in [7, 11) is -2.93. The molecule has 3 N–H and O–H groups in total. The van der Waals surface area contributed by atoms with Gasteiger partial charge in [0.05, 0.1) is 15.8 Å². The Morgan fingerprint density at radius 3 is 2.29 bits per heavy atom. The summed E-state index contributed by atoms with van der Waals surface area (Å²) in [4.78, 5) is 11.0. The van der Waals surface area contributed by atoms with E-state index in [9.17, 15) is 27.3 Å². The maximum atomic E-state index is 12.8. The van der Waals surface area contributed by atoms with Crippen molar-refractivity contribution in [3.63, 3.8) is 0 Å². The van der Waals surface area contributed by atoms with E-state index in [1.54, 1.807) is 5.32 Å². The molecule has 0 fully saturated rings. The number of hydrogen-bond acceptors (Lipinski definition) is 4. The predicted molar refractivity (Wildman–Crippen MR) is 70.4 cm³/mol. The van der Waals surface area contributed by atoms with Crippen LogP contribution in [0, 0.1) is 4.78 Å². The number of halogens is 3. The Morgan fingerprint density at radius 2 is 1.90 bits per heavy atom. The van der Waals surface area contributed by atoms with E-state index in [-0.39, 0.29) is 10.5 Å². The largest absolute Gasteiger partial charge is 0.386 e. The van der Waals surface area contributed by atoms with Crippen LogP contribution in [-0.2, 0) is 14.5 Å². The van der Waals surface area contributed by atoms with E-state index >= 15 is 0 Å². The molecule has 9 heteroatoms. The number of hydrogen-bond donors (Lipinski definition) is 3. The summed E-state index contributed by atoms with van der Waals surface area (Å²) in [6.07, 6.45) is -3.63. The van der Waals surface area contributed by atoms with Crippen LogP contribution < -0.4 is 5.32 Å². The summed E-state index contributed by atoms with van der Waals surface area (Å²) < 4.78 is 55.9. The zero-order valence-corrected chi connectivity index (χ0v) is 11.9. The first-order chi connectivity index (χ1) is 9.66. The third-order valence-electron chi connectivity index (χ3n) is 2.74. The molecule has 3 atom stereocenters. The van der Waals surface area contributed by atoms with Gasteiger partial charge < -0.3 is 10.4 Å². The molecule has 1 aromatic carbocycles. The van der Waals surface area contributed by atoms with E-state index in [0.717, 1.165) is 0 Å². The number of carbonyl (C=O) groups excluding carboxylic acids is 1. The van der Waals surface area contributed by atoms with Gasteiger partial charge in [-0.2, -0.15) is 8.78 Å². The standard InChI is InChI=1S/C12H15F3N2O3S/c1-21(16,20)8-4-2-7(3-5-8)10(18)9(6-13)17-12(19)11(14)15/h2-5,9-11,16,18H,6H2,1H3,(H,17,19)/t9?,10-,21?/m1/s1. The van der Waals surface area contributed by atoms with Gasteiger partial charge in [-0.3, -0.25) is 4.79 Å². The average Bonchev–Trinajstić information content (AvgIpc) is 2.42. The minimum absolute atomic E-state index is 0.152. The van der Waals surface area contributed by atoms with Crippen LogP contribution in [0.2, 0.25) is 0 Å². The van der Waals surface area contributed by atoms with Gasteiger partial charge in [-0.25, -0.2) is 13.4 Å². The molecular weight excluding hydrogens is 309 g/mol. The van der Waals surface area contributed by atoms with Gasteiger partial charge in [0.2, 0.25) is 0 Å². The Bertz CT molecular complexity index is 590. The first kappa shape index (κ1) is 17.4. The van der Waals surface area contributed by atoms with Crippen LogP contribution in [0.3, 0.4) is 0 Å². The molecule has 1 rings (SSSR count). The number of aliphatic hydroxyl groups excluding tert-OH is 1. The molecule has 2 unspecified atom stereocenters. The highest BCUT2D eigenvalue weighted by Gasteiger charge is 2.26. The summed E-state index contributed by atoms with van der Waals surface area (Å²) in [5.41, 5.74) is 0.152. The zero-order chi connectivity index (χ0) is 16.2. The molecule has 0 aromatic heterocycles. The smallest absolute Gasteiger partial charge is 0.315 e. The highest BCUT2D eigenvalue weighted by Crippen LogP contribution is 2.20. The topological polar surface area (TPSA) is 90.2 Å². The molecule has 1 amide bonds. The number of carbonyl (C=O) groups is 1. The van der Waals surface area contributed by atoms with Gasteiger partial charge in [-0.1, -0.05) is 12.1 Å². The summed E-state index contributed by atoms with van der Waals surface area (Å²) >= 11 is 0. The highest BCUT2D eigenvalue weighted by molar-refractivity contribution is 7.91.